The summed E-state index contributed by atoms with van der Waals surface area (Å²) >= 11 is 0. The molecule has 2 nitrogen and oxygen atoms in total. The zero-order chi connectivity index (χ0) is 6.08. The monoisotopic (exact) mass is 380 g/mol. The van der Waals surface area contributed by atoms with Gasteiger partial charge in [-0.05, 0) is 0 Å². The number of hydrogen-bond donors (Lipinski definition) is 0. The van der Waals surface area contributed by atoms with Gasteiger partial charge in [-0.3, -0.25) is 0 Å². The summed E-state index contributed by atoms with van der Waals surface area (Å²) < 4.78 is 31.5. The molecule has 0 rings (SSSR count). The molecule has 0 fully saturated rings. The van der Waals surface area contributed by atoms with Crippen molar-refractivity contribution in [3.63, 3.8) is 0 Å². The normalized spacial score (nSPS) is 8.78. The third-order valence-corrected chi connectivity index (χ3v) is 0.231. The van der Waals surface area contributed by atoms with Crippen molar-refractivity contribution in [1.82, 2.24) is 0 Å². The Morgan fingerprint density at radius 1 is 1.33 bits per heavy atom. The van der Waals surface area contributed by atoms with Gasteiger partial charge in [0, 0.05) is 0 Å². The molecule has 0 aliphatic rings. The van der Waals surface area contributed by atoms with Crippen LogP contribution in [0.1, 0.15) is 0 Å². The Morgan fingerprint density at radius 2 is 1.44 bits per heavy atom. The van der Waals surface area contributed by atoms with Crippen molar-refractivity contribution in [2.75, 3.05) is 0 Å². The SMILES string of the molecule is O=C([O-])C(F)(F)F.[Cs+].[CsH]. The van der Waals surface area contributed by atoms with Crippen molar-refractivity contribution in [3.8, 4) is 0 Å². The van der Waals surface area contributed by atoms with Crippen LogP contribution in [0.3, 0.4) is 0 Å². The van der Waals surface area contributed by atoms with Crippen LogP contribution in [0.15, 0.2) is 0 Å². The van der Waals surface area contributed by atoms with E-state index in [0.29, 0.717) is 0 Å². The second-order valence-corrected chi connectivity index (χ2v) is 0.785. The maximum atomic E-state index is 10.5. The van der Waals surface area contributed by atoms with E-state index in [1.54, 1.807) is 0 Å². The average Bonchev–Trinajstić information content (AvgIpc) is 1.31. The average molecular weight is 380 g/mol. The Morgan fingerprint density at radius 3 is 1.44 bits per heavy atom. The fourth-order valence-corrected chi connectivity index (χ4v) is 0. The topological polar surface area (TPSA) is 40.1 Å². The summed E-state index contributed by atoms with van der Waals surface area (Å²) in [5, 5.41) is 8.78. The molecule has 0 N–H and O–H groups in total. The Balaban J connectivity index is -0.000000180. The van der Waals surface area contributed by atoms with Gasteiger partial charge in [0.15, 0.2) is 0 Å². The van der Waals surface area contributed by atoms with Crippen molar-refractivity contribution >= 4 is 74.9 Å². The van der Waals surface area contributed by atoms with Gasteiger partial charge in [0.25, 0.3) is 0 Å². The molecule has 0 aliphatic heterocycles. The van der Waals surface area contributed by atoms with E-state index in [4.69, 9.17) is 9.90 Å². The van der Waals surface area contributed by atoms with Gasteiger partial charge in [-0.2, -0.15) is 13.2 Å². The Hall–Kier alpha value is 3.36. The summed E-state index contributed by atoms with van der Waals surface area (Å²) in [5.41, 5.74) is 0. The van der Waals surface area contributed by atoms with Crippen molar-refractivity contribution in [2.24, 2.45) is 0 Å². The number of carboxylic acids is 1. The number of carbonyl (C=O) groups is 1. The number of hydrogen-bond acceptors (Lipinski definition) is 2. The van der Waals surface area contributed by atoms with E-state index in [1.165, 1.54) is 0 Å². The van der Waals surface area contributed by atoms with Crippen LogP contribution in [0.2, 0.25) is 0 Å². The van der Waals surface area contributed by atoms with E-state index >= 15 is 0 Å². The van der Waals surface area contributed by atoms with E-state index in [9.17, 15) is 13.2 Å². The standard InChI is InChI=1S/C2HF3O2.2Cs.H/c3-2(4,5)1(6)7;;;/h(H,6,7);;;/q;;+1;/p-1. The summed E-state index contributed by atoms with van der Waals surface area (Å²) in [6.07, 6.45) is -5.19. The van der Waals surface area contributed by atoms with Crippen LogP contribution >= 0.6 is 0 Å². The first-order valence-corrected chi connectivity index (χ1v) is 1.23. The van der Waals surface area contributed by atoms with Crippen LogP contribution in [0.4, 0.5) is 13.2 Å². The molecular weight excluding hydrogens is 379 g/mol. The van der Waals surface area contributed by atoms with Crippen LogP contribution in [-0.2, 0) is 4.79 Å². The van der Waals surface area contributed by atoms with Crippen LogP contribution in [-0.4, -0.2) is 81.0 Å². The summed E-state index contributed by atoms with van der Waals surface area (Å²) in [5.74, 6) is -3.01. The summed E-state index contributed by atoms with van der Waals surface area (Å²) in [6.45, 7) is 0. The maximum absolute atomic E-state index is 10.5. The van der Waals surface area contributed by atoms with E-state index in [-0.39, 0.29) is 138 Å². The van der Waals surface area contributed by atoms with E-state index in [2.05, 4.69) is 0 Å². The fourth-order valence-electron chi connectivity index (χ4n) is 0. The second-order valence-electron chi connectivity index (χ2n) is 0.785. The van der Waals surface area contributed by atoms with E-state index in [1.807, 2.05) is 0 Å². The molecule has 7 heteroatoms. The fraction of sp³-hybridized carbons (Fsp3) is 0.500. The van der Waals surface area contributed by atoms with Crippen molar-refractivity contribution in [3.05, 3.63) is 0 Å². The van der Waals surface area contributed by atoms with E-state index in [0.717, 1.165) is 0 Å². The zero-order valence-corrected chi connectivity index (χ0v) is 10.2. The Bertz CT molecular complexity index is 90.3. The predicted molar refractivity (Wildman–Crippen MR) is 18.2 cm³/mol. The van der Waals surface area contributed by atoms with Gasteiger partial charge >= 0.3 is 144 Å². The van der Waals surface area contributed by atoms with E-state index < -0.39 is 12.1 Å². The molecule has 0 spiro atoms. The molecule has 0 bridgehead atoms. The molecule has 0 heterocycles. The first-order valence-electron chi connectivity index (χ1n) is 1.23. The first kappa shape index (κ1) is 18.2. The molecule has 0 saturated heterocycles. The van der Waals surface area contributed by atoms with Gasteiger partial charge in [-0.25, -0.2) is 0 Å². The van der Waals surface area contributed by atoms with Crippen molar-refractivity contribution in [1.29, 1.82) is 0 Å². The molecule has 0 amide bonds. The molecule has 0 aliphatic carbocycles. The van der Waals surface area contributed by atoms with Crippen LogP contribution in [0.25, 0.3) is 0 Å². The molecule has 0 radical (unpaired) electrons. The molecule has 0 unspecified atom stereocenters. The van der Waals surface area contributed by atoms with Gasteiger partial charge < -0.3 is 9.90 Å². The Labute approximate surface area is 167 Å². The predicted octanol–water partition coefficient (Wildman–Crippen LogP) is -4.35. The number of alkyl halides is 3. The molecule has 0 aromatic rings. The first-order chi connectivity index (χ1) is 2.94. The van der Waals surface area contributed by atoms with Crippen molar-refractivity contribution in [2.45, 2.75) is 6.18 Å². The number of rotatable bonds is 0. The second kappa shape index (κ2) is 7.98. The van der Waals surface area contributed by atoms with Crippen LogP contribution < -0.4 is 74.0 Å². The van der Waals surface area contributed by atoms with Gasteiger partial charge in [-0.1, -0.05) is 0 Å². The summed E-state index contributed by atoms with van der Waals surface area (Å²) in [6, 6.07) is 0. The molecule has 0 aromatic carbocycles. The third kappa shape index (κ3) is 11.4. The van der Waals surface area contributed by atoms with Crippen molar-refractivity contribution < 1.29 is 92.0 Å². The van der Waals surface area contributed by atoms with Crippen LogP contribution in [0, 0.1) is 0 Å². The summed E-state index contributed by atoms with van der Waals surface area (Å²) in [7, 11) is 0. The van der Waals surface area contributed by atoms with Gasteiger partial charge in [0.1, 0.15) is 5.97 Å². The number of carboxylic acid groups (broad SMARTS) is 1. The molecule has 9 heavy (non-hydrogen) atoms. The molecule has 0 aromatic heterocycles. The quantitative estimate of drug-likeness (QED) is 0.427. The minimum atomic E-state index is -5.19. The number of halogens is 3. The minimum absolute atomic E-state index is 0. The summed E-state index contributed by atoms with van der Waals surface area (Å²) in [4.78, 5) is 8.78. The molecule has 44 valence electrons. The Kier molecular flexibility index (Phi) is 16.2. The van der Waals surface area contributed by atoms with Gasteiger partial charge in [-0.15, -0.1) is 0 Å². The number of carbonyl (C=O) groups excluding carboxylic acids is 1. The van der Waals surface area contributed by atoms with Gasteiger partial charge in [0.2, 0.25) is 0 Å². The third-order valence-electron chi connectivity index (χ3n) is 0.231. The molecular formula is C2HCs2F3O2. The number of aliphatic carboxylic acids is 1. The van der Waals surface area contributed by atoms with Gasteiger partial charge in [0.05, 0.1) is 0 Å². The van der Waals surface area contributed by atoms with Crippen LogP contribution in [0.5, 0.6) is 0 Å². The molecule has 0 atom stereocenters. The zero-order valence-electron chi connectivity index (χ0n) is 3.95. The molecule has 0 saturated carbocycles.